The molecular weight excluding hydrogens is 460 g/mol. The van der Waals surface area contributed by atoms with Crippen LogP contribution in [-0.2, 0) is 14.8 Å². The van der Waals surface area contributed by atoms with E-state index in [2.05, 4.69) is 5.32 Å². The van der Waals surface area contributed by atoms with E-state index < -0.39 is 22.5 Å². The lowest BCUT2D eigenvalue weighted by Gasteiger charge is -2.24. The van der Waals surface area contributed by atoms with Gasteiger partial charge in [0.05, 0.1) is 17.2 Å². The van der Waals surface area contributed by atoms with Gasteiger partial charge in [-0.3, -0.25) is 9.10 Å². The first-order chi connectivity index (χ1) is 17.0. The number of benzene rings is 4. The number of anilines is 2. The smallest absolute Gasteiger partial charge is 0.264 e. The molecule has 4 aromatic rings. The molecule has 1 amide bonds. The second-order valence-corrected chi connectivity index (χ2v) is 9.57. The van der Waals surface area contributed by atoms with Gasteiger partial charge in [0.1, 0.15) is 12.3 Å². The van der Waals surface area contributed by atoms with Crippen molar-refractivity contribution in [2.24, 2.45) is 0 Å². The van der Waals surface area contributed by atoms with Crippen LogP contribution in [0.25, 0.3) is 11.1 Å². The van der Waals surface area contributed by atoms with Gasteiger partial charge >= 0.3 is 0 Å². The molecule has 7 heteroatoms. The number of nitrogens with zero attached hydrogens (tertiary/aromatic N) is 1. The topological polar surface area (TPSA) is 75.7 Å². The van der Waals surface area contributed by atoms with Gasteiger partial charge in [0.2, 0.25) is 5.91 Å². The van der Waals surface area contributed by atoms with Gasteiger partial charge in [-0.15, -0.1) is 0 Å². The van der Waals surface area contributed by atoms with Gasteiger partial charge in [0, 0.05) is 11.3 Å². The molecule has 6 nitrogen and oxygen atoms in total. The highest BCUT2D eigenvalue weighted by atomic mass is 32.2. The highest BCUT2D eigenvalue weighted by Crippen LogP contribution is 2.29. The Morgan fingerprint density at radius 2 is 1.40 bits per heavy atom. The summed E-state index contributed by atoms with van der Waals surface area (Å²) in [6.07, 6.45) is 0. The summed E-state index contributed by atoms with van der Waals surface area (Å²) in [7, 11) is -4.00. The molecule has 1 N–H and O–H groups in total. The van der Waals surface area contributed by atoms with Gasteiger partial charge in [-0.1, -0.05) is 66.7 Å². The van der Waals surface area contributed by atoms with Gasteiger partial charge in [-0.25, -0.2) is 8.42 Å². The Bertz CT molecular complexity index is 1370. The van der Waals surface area contributed by atoms with Crippen molar-refractivity contribution in [3.63, 3.8) is 0 Å². The van der Waals surface area contributed by atoms with Gasteiger partial charge in [-0.05, 0) is 55.0 Å². The fourth-order valence-corrected chi connectivity index (χ4v) is 5.13. The normalized spacial score (nSPS) is 11.0. The Morgan fingerprint density at radius 3 is 2.06 bits per heavy atom. The van der Waals surface area contributed by atoms with E-state index in [0.29, 0.717) is 23.7 Å². The minimum absolute atomic E-state index is 0.103. The Kier molecular flexibility index (Phi) is 7.48. The number of rotatable bonds is 9. The zero-order valence-corrected chi connectivity index (χ0v) is 20.1. The summed E-state index contributed by atoms with van der Waals surface area (Å²) in [5.74, 6) is 0.163. The Labute approximate surface area is 205 Å². The third-order valence-corrected chi connectivity index (χ3v) is 7.13. The van der Waals surface area contributed by atoms with Crippen LogP contribution in [0.15, 0.2) is 114 Å². The second-order valence-electron chi connectivity index (χ2n) is 7.71. The number of ether oxygens (including phenoxy) is 1. The van der Waals surface area contributed by atoms with E-state index in [1.165, 1.54) is 12.1 Å². The van der Waals surface area contributed by atoms with Crippen LogP contribution in [0.3, 0.4) is 0 Å². The molecule has 4 rings (SSSR count). The maximum Gasteiger partial charge on any atom is 0.264 e. The molecule has 0 aliphatic heterocycles. The Hall–Kier alpha value is -4.10. The fraction of sp³-hybridized carbons (Fsp3) is 0.107. The van der Waals surface area contributed by atoms with Crippen molar-refractivity contribution in [2.45, 2.75) is 11.8 Å². The van der Waals surface area contributed by atoms with E-state index in [0.717, 1.165) is 15.4 Å². The molecular formula is C28H26N2O4S. The highest BCUT2D eigenvalue weighted by Gasteiger charge is 2.27. The average molecular weight is 487 g/mol. The number of sulfonamides is 1. The van der Waals surface area contributed by atoms with E-state index >= 15 is 0 Å². The zero-order chi connectivity index (χ0) is 24.7. The van der Waals surface area contributed by atoms with E-state index in [1.807, 2.05) is 55.5 Å². The Balaban J connectivity index is 1.65. The van der Waals surface area contributed by atoms with Crippen molar-refractivity contribution in [1.82, 2.24) is 0 Å². The first kappa shape index (κ1) is 24.0. The minimum atomic E-state index is -4.00. The summed E-state index contributed by atoms with van der Waals surface area (Å²) in [4.78, 5) is 13.3. The van der Waals surface area contributed by atoms with Crippen molar-refractivity contribution in [3.05, 3.63) is 109 Å². The molecule has 0 aliphatic carbocycles. The van der Waals surface area contributed by atoms with Crippen LogP contribution in [0.1, 0.15) is 6.92 Å². The first-order valence-electron chi connectivity index (χ1n) is 11.2. The summed E-state index contributed by atoms with van der Waals surface area (Å²) in [6.45, 7) is 1.97. The lowest BCUT2D eigenvalue weighted by molar-refractivity contribution is -0.114. The van der Waals surface area contributed by atoms with Gasteiger partial charge in [0.15, 0.2) is 0 Å². The Morgan fingerprint density at radius 1 is 0.800 bits per heavy atom. The number of nitrogens with one attached hydrogen (secondary N) is 1. The molecule has 0 aliphatic rings. The zero-order valence-electron chi connectivity index (χ0n) is 19.3. The minimum Gasteiger partial charge on any atom is -0.494 e. The number of para-hydroxylation sites is 1. The lowest BCUT2D eigenvalue weighted by Crippen LogP contribution is -2.38. The van der Waals surface area contributed by atoms with Crippen LogP contribution >= 0.6 is 0 Å². The van der Waals surface area contributed by atoms with Gasteiger partial charge < -0.3 is 10.1 Å². The van der Waals surface area contributed by atoms with Crippen LogP contribution in [-0.4, -0.2) is 27.5 Å². The van der Waals surface area contributed by atoms with Crippen molar-refractivity contribution in [1.29, 1.82) is 0 Å². The van der Waals surface area contributed by atoms with Crippen molar-refractivity contribution in [2.75, 3.05) is 22.8 Å². The third kappa shape index (κ3) is 5.70. The summed E-state index contributed by atoms with van der Waals surface area (Å²) in [5, 5.41) is 2.89. The fourth-order valence-electron chi connectivity index (χ4n) is 3.69. The second kappa shape index (κ2) is 10.9. The van der Waals surface area contributed by atoms with Crippen LogP contribution in [0.5, 0.6) is 5.75 Å². The number of carbonyl (C=O) groups is 1. The summed E-state index contributed by atoms with van der Waals surface area (Å²) < 4.78 is 33.7. The molecule has 0 radical (unpaired) electrons. The van der Waals surface area contributed by atoms with E-state index in [-0.39, 0.29) is 4.90 Å². The van der Waals surface area contributed by atoms with Crippen LogP contribution in [0.4, 0.5) is 11.4 Å². The highest BCUT2D eigenvalue weighted by molar-refractivity contribution is 7.92. The quantitative estimate of drug-likeness (QED) is 0.335. The molecule has 0 aromatic heterocycles. The van der Waals surface area contributed by atoms with Crippen LogP contribution < -0.4 is 14.4 Å². The molecule has 4 aromatic carbocycles. The van der Waals surface area contributed by atoms with Crippen LogP contribution in [0.2, 0.25) is 0 Å². The molecule has 0 fully saturated rings. The maximum atomic E-state index is 13.5. The molecule has 0 atom stereocenters. The lowest BCUT2D eigenvalue weighted by atomic mass is 10.0. The molecule has 0 saturated heterocycles. The average Bonchev–Trinajstić information content (AvgIpc) is 2.89. The van der Waals surface area contributed by atoms with Crippen molar-refractivity contribution < 1.29 is 17.9 Å². The van der Waals surface area contributed by atoms with E-state index in [1.54, 1.807) is 48.5 Å². The number of hydrogen-bond acceptors (Lipinski definition) is 4. The molecule has 178 valence electrons. The number of hydrogen-bond donors (Lipinski definition) is 1. The first-order valence-corrected chi connectivity index (χ1v) is 12.7. The van der Waals surface area contributed by atoms with Crippen LogP contribution in [0, 0.1) is 0 Å². The van der Waals surface area contributed by atoms with Gasteiger partial charge in [0.25, 0.3) is 10.0 Å². The van der Waals surface area contributed by atoms with Gasteiger partial charge in [-0.2, -0.15) is 0 Å². The summed E-state index contributed by atoms with van der Waals surface area (Å²) in [5.41, 5.74) is 2.76. The summed E-state index contributed by atoms with van der Waals surface area (Å²) >= 11 is 0. The summed E-state index contributed by atoms with van der Waals surface area (Å²) in [6, 6.07) is 31.8. The third-order valence-electron chi connectivity index (χ3n) is 5.34. The molecule has 0 saturated carbocycles. The predicted octanol–water partition coefficient (Wildman–Crippen LogP) is 5.59. The molecule has 0 unspecified atom stereocenters. The largest absolute Gasteiger partial charge is 0.494 e. The van der Waals surface area contributed by atoms with E-state index in [9.17, 15) is 13.2 Å². The SMILES string of the molecule is CCOc1ccc(N(CC(=O)Nc2ccccc2-c2ccccc2)S(=O)(=O)c2ccccc2)cc1. The van der Waals surface area contributed by atoms with Crippen molar-refractivity contribution >= 4 is 27.3 Å². The van der Waals surface area contributed by atoms with Crippen molar-refractivity contribution in [3.8, 4) is 16.9 Å². The predicted molar refractivity (Wildman–Crippen MR) is 139 cm³/mol. The standard InChI is InChI=1S/C28H26N2O4S/c1-2-34-24-19-17-23(18-20-24)30(35(32,33)25-13-7-4-8-14-25)21-28(31)29-27-16-10-9-15-26(27)22-11-5-3-6-12-22/h3-20H,2,21H2,1H3,(H,29,31). The number of carbonyl (C=O) groups excluding carboxylic acids is 1. The monoisotopic (exact) mass is 486 g/mol. The molecule has 0 spiro atoms. The molecule has 0 bridgehead atoms. The molecule has 0 heterocycles. The number of amides is 1. The molecule has 35 heavy (non-hydrogen) atoms. The van der Waals surface area contributed by atoms with E-state index in [4.69, 9.17) is 4.74 Å². The maximum absolute atomic E-state index is 13.5.